The Balaban J connectivity index is 3.97. The molecule has 0 bridgehead atoms. The Bertz CT molecular complexity index is 182. The van der Waals surface area contributed by atoms with Crippen molar-refractivity contribution in [2.75, 3.05) is 19.8 Å². The molecule has 0 rings (SSSR count). The minimum absolute atomic E-state index is 0.0532. The molecular formula is C6H11NO4S. The third kappa shape index (κ3) is 4.20. The second-order valence-corrected chi connectivity index (χ2v) is 3.37. The van der Waals surface area contributed by atoms with E-state index in [-0.39, 0.29) is 5.75 Å². The van der Waals surface area contributed by atoms with E-state index in [0.29, 0.717) is 11.8 Å². The van der Waals surface area contributed by atoms with Crippen molar-refractivity contribution in [1.82, 2.24) is 4.90 Å². The van der Waals surface area contributed by atoms with Crippen molar-refractivity contribution in [3.05, 3.63) is 0 Å². The maximum absolute atomic E-state index is 10.5. The van der Waals surface area contributed by atoms with Crippen molar-refractivity contribution in [3.63, 3.8) is 0 Å². The first-order chi connectivity index (χ1) is 5.45. The van der Waals surface area contributed by atoms with Gasteiger partial charge in [-0.3, -0.25) is 9.69 Å². The molecule has 0 heterocycles. The van der Waals surface area contributed by atoms with E-state index in [1.807, 2.05) is 0 Å². The summed E-state index contributed by atoms with van der Waals surface area (Å²) in [6, 6.07) is -0.744. The van der Waals surface area contributed by atoms with Crippen LogP contribution in [0, 0.1) is 0 Å². The monoisotopic (exact) mass is 193 g/mol. The molecule has 0 unspecified atom stereocenters. The highest BCUT2D eigenvalue weighted by atomic mass is 32.2. The van der Waals surface area contributed by atoms with Gasteiger partial charge in [-0.05, 0) is 25.9 Å². The molecule has 0 aliphatic rings. The Kier molecular flexibility index (Phi) is 4.68. The predicted octanol–water partition coefficient (Wildman–Crippen LogP) is 0.412. The first kappa shape index (κ1) is 11.2. The topological polar surface area (TPSA) is 77.8 Å². The van der Waals surface area contributed by atoms with Gasteiger partial charge in [-0.1, -0.05) is 0 Å². The van der Waals surface area contributed by atoms with E-state index < -0.39 is 17.3 Å². The SMILES string of the molecule is CN(C)[C@@H](CSC(=O)O)C(=O)O. The quantitative estimate of drug-likeness (QED) is 0.673. The van der Waals surface area contributed by atoms with Gasteiger partial charge in [0.05, 0.1) is 0 Å². The van der Waals surface area contributed by atoms with Crippen molar-refractivity contribution < 1.29 is 19.8 Å². The molecule has 0 saturated carbocycles. The van der Waals surface area contributed by atoms with Crippen molar-refractivity contribution >= 4 is 23.0 Å². The van der Waals surface area contributed by atoms with E-state index in [4.69, 9.17) is 10.2 Å². The van der Waals surface area contributed by atoms with E-state index in [2.05, 4.69) is 0 Å². The molecule has 0 aromatic rings. The standard InChI is InChI=1S/C6H11NO4S/c1-7(2)4(5(8)9)3-12-6(10)11/h4H,3H2,1-2H3,(H,8,9)(H,10,11)/t4-/m0/s1. The molecule has 0 amide bonds. The van der Waals surface area contributed by atoms with Crippen molar-refractivity contribution in [2.24, 2.45) is 0 Å². The number of hydrogen-bond donors (Lipinski definition) is 2. The maximum Gasteiger partial charge on any atom is 0.364 e. The van der Waals surface area contributed by atoms with Gasteiger partial charge in [0.1, 0.15) is 6.04 Å². The number of rotatable bonds is 4. The fraction of sp³-hybridized carbons (Fsp3) is 0.667. The van der Waals surface area contributed by atoms with Crippen LogP contribution in [0.3, 0.4) is 0 Å². The molecule has 0 aromatic heterocycles. The number of carboxylic acid groups (broad SMARTS) is 2. The van der Waals surface area contributed by atoms with Crippen LogP contribution in [0.25, 0.3) is 0 Å². The number of aliphatic carboxylic acids is 1. The Morgan fingerprint density at radius 3 is 2.17 bits per heavy atom. The molecule has 0 aliphatic carbocycles. The summed E-state index contributed by atoms with van der Waals surface area (Å²) in [7, 11) is 3.20. The smallest absolute Gasteiger partial charge is 0.364 e. The average molecular weight is 193 g/mol. The van der Waals surface area contributed by atoms with Gasteiger partial charge >= 0.3 is 11.3 Å². The van der Waals surface area contributed by atoms with Crippen LogP contribution in [0.5, 0.6) is 0 Å². The van der Waals surface area contributed by atoms with E-state index in [1.54, 1.807) is 14.1 Å². The summed E-state index contributed by atoms with van der Waals surface area (Å²) in [4.78, 5) is 22.1. The summed E-state index contributed by atoms with van der Waals surface area (Å²) in [6.07, 6.45) is 0. The molecule has 6 heteroatoms. The van der Waals surface area contributed by atoms with E-state index in [9.17, 15) is 9.59 Å². The van der Waals surface area contributed by atoms with Gasteiger partial charge in [-0.2, -0.15) is 0 Å². The van der Waals surface area contributed by atoms with Crippen LogP contribution in [0.15, 0.2) is 0 Å². The van der Waals surface area contributed by atoms with Crippen molar-refractivity contribution in [1.29, 1.82) is 0 Å². The van der Waals surface area contributed by atoms with Crippen LogP contribution in [0.1, 0.15) is 0 Å². The fourth-order valence-corrected chi connectivity index (χ4v) is 1.33. The normalized spacial score (nSPS) is 12.9. The van der Waals surface area contributed by atoms with Crippen LogP contribution >= 0.6 is 11.8 Å². The molecular weight excluding hydrogens is 182 g/mol. The molecule has 70 valence electrons. The van der Waals surface area contributed by atoms with Gasteiger partial charge in [-0.25, -0.2) is 4.79 Å². The molecule has 1 atom stereocenters. The molecule has 0 aromatic carbocycles. The lowest BCUT2D eigenvalue weighted by atomic mass is 10.3. The Morgan fingerprint density at radius 2 is 1.92 bits per heavy atom. The Morgan fingerprint density at radius 1 is 1.42 bits per heavy atom. The first-order valence-corrected chi connectivity index (χ1v) is 4.18. The second kappa shape index (κ2) is 5.00. The zero-order chi connectivity index (χ0) is 9.72. The Hall–Kier alpha value is -0.750. The Labute approximate surface area is 74.4 Å². The van der Waals surface area contributed by atoms with E-state index in [1.165, 1.54) is 4.90 Å². The van der Waals surface area contributed by atoms with E-state index in [0.717, 1.165) is 0 Å². The minimum Gasteiger partial charge on any atom is -0.480 e. The summed E-state index contributed by atoms with van der Waals surface area (Å²) in [5.41, 5.74) is 0. The average Bonchev–Trinajstić information content (AvgIpc) is 1.84. The number of carbonyl (C=O) groups is 2. The van der Waals surface area contributed by atoms with Gasteiger partial charge in [0, 0.05) is 5.75 Å². The number of nitrogens with zero attached hydrogens (tertiary/aromatic N) is 1. The molecule has 0 aliphatic heterocycles. The molecule has 5 nitrogen and oxygen atoms in total. The molecule has 12 heavy (non-hydrogen) atoms. The fourth-order valence-electron chi connectivity index (χ4n) is 0.591. The van der Waals surface area contributed by atoms with Crippen molar-refractivity contribution in [3.8, 4) is 0 Å². The lowest BCUT2D eigenvalue weighted by Crippen LogP contribution is -2.37. The van der Waals surface area contributed by atoms with Gasteiger partial charge in [0.2, 0.25) is 0 Å². The summed E-state index contributed by atoms with van der Waals surface area (Å²) >= 11 is 0.590. The number of thioether (sulfide) groups is 1. The van der Waals surface area contributed by atoms with E-state index >= 15 is 0 Å². The zero-order valence-corrected chi connectivity index (χ0v) is 7.67. The minimum atomic E-state index is -1.05. The number of hydrogen-bond acceptors (Lipinski definition) is 4. The summed E-state index contributed by atoms with van der Waals surface area (Å²) in [5, 5.41) is 15.8. The van der Waals surface area contributed by atoms with Crippen LogP contribution in [0.4, 0.5) is 4.79 Å². The zero-order valence-electron chi connectivity index (χ0n) is 6.85. The third-order valence-electron chi connectivity index (χ3n) is 1.27. The molecule has 0 radical (unpaired) electrons. The van der Waals surface area contributed by atoms with Gasteiger partial charge in [-0.15, -0.1) is 0 Å². The summed E-state index contributed by atoms with van der Waals surface area (Å²) < 4.78 is 0. The molecule has 0 fully saturated rings. The summed E-state index contributed by atoms with van der Waals surface area (Å²) in [6.45, 7) is 0. The largest absolute Gasteiger partial charge is 0.480 e. The molecule has 0 spiro atoms. The van der Waals surface area contributed by atoms with Crippen molar-refractivity contribution in [2.45, 2.75) is 6.04 Å². The van der Waals surface area contributed by atoms with Gasteiger partial charge < -0.3 is 10.2 Å². The second-order valence-electron chi connectivity index (χ2n) is 2.39. The van der Waals surface area contributed by atoms with Gasteiger partial charge in [0.15, 0.2) is 0 Å². The molecule has 0 saturated heterocycles. The van der Waals surface area contributed by atoms with Gasteiger partial charge in [0.25, 0.3) is 0 Å². The van der Waals surface area contributed by atoms with Crippen LogP contribution in [-0.4, -0.2) is 52.3 Å². The maximum atomic E-state index is 10.5. The predicted molar refractivity (Wildman–Crippen MR) is 45.6 cm³/mol. The summed E-state index contributed by atoms with van der Waals surface area (Å²) in [5.74, 6) is -0.953. The number of likely N-dealkylation sites (N-methyl/N-ethyl adjacent to an activating group) is 1. The van der Waals surface area contributed by atoms with Crippen LogP contribution < -0.4 is 0 Å². The highest BCUT2D eigenvalue weighted by Crippen LogP contribution is 2.07. The third-order valence-corrected chi connectivity index (χ3v) is 2.00. The molecule has 2 N–H and O–H groups in total. The first-order valence-electron chi connectivity index (χ1n) is 3.20. The van der Waals surface area contributed by atoms with Crippen LogP contribution in [-0.2, 0) is 4.79 Å². The van der Waals surface area contributed by atoms with Crippen LogP contribution in [0.2, 0.25) is 0 Å². The highest BCUT2D eigenvalue weighted by molar-refractivity contribution is 8.13. The highest BCUT2D eigenvalue weighted by Gasteiger charge is 2.20. The lowest BCUT2D eigenvalue weighted by Gasteiger charge is -2.18. The number of carboxylic acids is 1. The lowest BCUT2D eigenvalue weighted by molar-refractivity contribution is -0.141.